The van der Waals surface area contributed by atoms with Crippen molar-refractivity contribution >= 4 is 27.4 Å². The molecule has 0 aliphatic carbocycles. The summed E-state index contributed by atoms with van der Waals surface area (Å²) in [5.41, 5.74) is 0.871. The van der Waals surface area contributed by atoms with Gasteiger partial charge in [0.1, 0.15) is 11.5 Å². The molecule has 1 aromatic rings. The van der Waals surface area contributed by atoms with Crippen molar-refractivity contribution in [1.29, 1.82) is 0 Å². The lowest BCUT2D eigenvalue weighted by Crippen LogP contribution is -2.46. The Kier molecular flexibility index (Phi) is 6.38. The monoisotopic (exact) mass is 451 g/mol. The summed E-state index contributed by atoms with van der Waals surface area (Å²) in [5.74, 6) is -1.10. The molecular formula is C21H26FN3O5S. The molecule has 0 aromatic heterocycles. The molecule has 3 aliphatic heterocycles. The van der Waals surface area contributed by atoms with Crippen LogP contribution in [0.4, 0.5) is 4.39 Å². The van der Waals surface area contributed by atoms with Gasteiger partial charge in [-0.05, 0) is 37.0 Å². The van der Waals surface area contributed by atoms with Gasteiger partial charge in [-0.2, -0.15) is 5.10 Å². The number of hydrazone groups is 1. The Morgan fingerprint density at radius 1 is 1.29 bits per heavy atom. The minimum atomic E-state index is -3.19. The summed E-state index contributed by atoms with van der Waals surface area (Å²) in [4.78, 5) is 27.3. The van der Waals surface area contributed by atoms with E-state index < -0.39 is 15.9 Å². The fourth-order valence-electron chi connectivity index (χ4n) is 4.27. The zero-order chi connectivity index (χ0) is 22.0. The maximum absolute atomic E-state index is 13.7. The van der Waals surface area contributed by atoms with Crippen molar-refractivity contribution in [2.45, 2.75) is 50.8 Å². The van der Waals surface area contributed by atoms with Gasteiger partial charge in [-0.1, -0.05) is 12.1 Å². The van der Waals surface area contributed by atoms with Gasteiger partial charge >= 0.3 is 0 Å². The van der Waals surface area contributed by atoms with Crippen molar-refractivity contribution < 1.29 is 27.1 Å². The lowest BCUT2D eigenvalue weighted by atomic mass is 10.1. The van der Waals surface area contributed by atoms with Crippen molar-refractivity contribution in [2.24, 2.45) is 5.10 Å². The molecule has 8 nitrogen and oxygen atoms in total. The average molecular weight is 452 g/mol. The molecule has 1 aromatic carbocycles. The van der Waals surface area contributed by atoms with Gasteiger partial charge in [-0.25, -0.2) is 17.8 Å². The van der Waals surface area contributed by atoms with Crippen molar-refractivity contribution in [3.05, 3.63) is 35.6 Å². The van der Waals surface area contributed by atoms with E-state index in [1.165, 1.54) is 17.1 Å². The largest absolute Gasteiger partial charge is 0.376 e. The summed E-state index contributed by atoms with van der Waals surface area (Å²) in [7, 11) is -3.19. The molecule has 168 valence electrons. The summed E-state index contributed by atoms with van der Waals surface area (Å²) in [6.45, 7) is 1.19. The van der Waals surface area contributed by atoms with Crippen molar-refractivity contribution in [3.8, 4) is 0 Å². The van der Waals surface area contributed by atoms with E-state index in [9.17, 15) is 22.4 Å². The van der Waals surface area contributed by atoms with Crippen LogP contribution in [-0.2, 0) is 30.7 Å². The third kappa shape index (κ3) is 5.30. The maximum Gasteiger partial charge on any atom is 0.270 e. The molecule has 3 aliphatic rings. The molecule has 31 heavy (non-hydrogen) atoms. The minimum Gasteiger partial charge on any atom is -0.376 e. The number of benzene rings is 1. The van der Waals surface area contributed by atoms with E-state index in [1.54, 1.807) is 17.0 Å². The number of nitrogens with zero attached hydrogens (tertiary/aromatic N) is 3. The van der Waals surface area contributed by atoms with E-state index in [4.69, 9.17) is 4.74 Å². The van der Waals surface area contributed by atoms with E-state index in [-0.39, 0.29) is 60.3 Å². The first-order valence-corrected chi connectivity index (χ1v) is 12.4. The van der Waals surface area contributed by atoms with Crippen LogP contribution < -0.4 is 0 Å². The highest BCUT2D eigenvalue weighted by Gasteiger charge is 2.38. The highest BCUT2D eigenvalue weighted by Crippen LogP contribution is 2.23. The molecule has 0 radical (unpaired) electrons. The van der Waals surface area contributed by atoms with Gasteiger partial charge in [0, 0.05) is 32.5 Å². The number of sulfone groups is 1. The molecular weight excluding hydrogens is 425 g/mol. The van der Waals surface area contributed by atoms with Crippen molar-refractivity contribution in [3.63, 3.8) is 0 Å². The Labute approximate surface area is 181 Å². The third-order valence-corrected chi connectivity index (χ3v) is 7.61. The zero-order valence-electron chi connectivity index (χ0n) is 17.2. The Hall–Kier alpha value is -2.33. The van der Waals surface area contributed by atoms with Crippen LogP contribution in [0.25, 0.3) is 0 Å². The van der Waals surface area contributed by atoms with E-state index in [0.29, 0.717) is 25.1 Å². The van der Waals surface area contributed by atoms with E-state index >= 15 is 0 Å². The van der Waals surface area contributed by atoms with Crippen LogP contribution in [0.2, 0.25) is 0 Å². The first kappa shape index (κ1) is 21.9. The second-order valence-electron chi connectivity index (χ2n) is 8.29. The van der Waals surface area contributed by atoms with Crippen LogP contribution in [0, 0.1) is 5.82 Å². The number of carbonyl (C=O) groups is 2. The lowest BCUT2D eigenvalue weighted by Gasteiger charge is -2.31. The molecule has 0 N–H and O–H groups in total. The number of hydrogen-bond donors (Lipinski definition) is 0. The molecule has 0 spiro atoms. The van der Waals surface area contributed by atoms with Crippen LogP contribution in [-0.4, -0.2) is 72.7 Å². The highest BCUT2D eigenvalue weighted by molar-refractivity contribution is 7.91. The molecule has 2 amide bonds. The number of carbonyl (C=O) groups excluding carboxylic acids is 2. The van der Waals surface area contributed by atoms with E-state index in [2.05, 4.69) is 5.10 Å². The quantitative estimate of drug-likeness (QED) is 0.653. The summed E-state index contributed by atoms with van der Waals surface area (Å²) in [6.07, 6.45) is 2.28. The van der Waals surface area contributed by atoms with Crippen LogP contribution in [0.15, 0.2) is 29.4 Å². The maximum atomic E-state index is 13.7. The number of rotatable bonds is 6. The summed E-state index contributed by atoms with van der Waals surface area (Å²) < 4.78 is 43.0. The minimum absolute atomic E-state index is 0.0188. The molecule has 2 saturated heterocycles. The molecule has 4 rings (SSSR count). The molecule has 2 atom stereocenters. The van der Waals surface area contributed by atoms with Crippen LogP contribution in [0.5, 0.6) is 0 Å². The van der Waals surface area contributed by atoms with Crippen molar-refractivity contribution in [1.82, 2.24) is 9.91 Å². The molecule has 2 fully saturated rings. The molecule has 0 saturated carbocycles. The second kappa shape index (κ2) is 9.04. The zero-order valence-corrected chi connectivity index (χ0v) is 18.0. The number of halogens is 1. The van der Waals surface area contributed by atoms with Gasteiger partial charge in [0.15, 0.2) is 9.84 Å². The number of amides is 2. The van der Waals surface area contributed by atoms with Gasteiger partial charge < -0.3 is 9.64 Å². The van der Waals surface area contributed by atoms with E-state index in [1.807, 2.05) is 0 Å². The van der Waals surface area contributed by atoms with Gasteiger partial charge in [0.25, 0.3) is 5.91 Å². The molecule has 3 heterocycles. The van der Waals surface area contributed by atoms with Crippen LogP contribution in [0.1, 0.15) is 37.7 Å². The smallest absolute Gasteiger partial charge is 0.270 e. The predicted molar refractivity (Wildman–Crippen MR) is 111 cm³/mol. The van der Waals surface area contributed by atoms with Gasteiger partial charge in [0.05, 0.1) is 23.7 Å². The average Bonchev–Trinajstić information content (AvgIpc) is 3.36. The van der Waals surface area contributed by atoms with Crippen molar-refractivity contribution in [2.75, 3.05) is 24.7 Å². The Morgan fingerprint density at radius 2 is 2.13 bits per heavy atom. The summed E-state index contributed by atoms with van der Waals surface area (Å²) in [6, 6.07) is 5.55. The number of hydrogen-bond acceptors (Lipinski definition) is 6. The molecule has 10 heteroatoms. The van der Waals surface area contributed by atoms with Crippen LogP contribution >= 0.6 is 0 Å². The molecule has 0 bridgehead atoms. The standard InChI is InChI=1S/C21H26FN3O5S/c22-16-4-1-3-15(11-16)12-24(13-18-5-2-9-30-18)21(27)19-6-7-20(26)25(23-19)17-8-10-31(28,29)14-17/h1,3-4,11,17-18H,2,5-10,12-14H2. The first-order chi connectivity index (χ1) is 14.8. The fourth-order valence-corrected chi connectivity index (χ4v) is 5.96. The highest BCUT2D eigenvalue weighted by atomic mass is 32.2. The van der Waals surface area contributed by atoms with E-state index in [0.717, 1.165) is 12.8 Å². The Balaban J connectivity index is 1.55. The second-order valence-corrected chi connectivity index (χ2v) is 10.5. The topological polar surface area (TPSA) is 96.3 Å². The lowest BCUT2D eigenvalue weighted by molar-refractivity contribution is -0.134. The first-order valence-electron chi connectivity index (χ1n) is 10.6. The fraction of sp³-hybridized carbons (Fsp3) is 0.571. The Bertz CT molecular complexity index is 990. The number of ether oxygens (including phenoxy) is 1. The van der Waals surface area contributed by atoms with Crippen LogP contribution in [0.3, 0.4) is 0 Å². The Morgan fingerprint density at radius 3 is 2.81 bits per heavy atom. The third-order valence-electron chi connectivity index (χ3n) is 5.86. The predicted octanol–water partition coefficient (Wildman–Crippen LogP) is 1.50. The summed E-state index contributed by atoms with van der Waals surface area (Å²) >= 11 is 0. The SMILES string of the molecule is O=C(C1=NN(C2CCS(=O)(=O)C2)C(=O)CC1)N(Cc1cccc(F)c1)CC1CCCO1. The van der Waals surface area contributed by atoms with Gasteiger partial charge in [-0.3, -0.25) is 9.59 Å². The summed E-state index contributed by atoms with van der Waals surface area (Å²) in [5, 5.41) is 5.48. The van der Waals surface area contributed by atoms with Gasteiger partial charge in [0.2, 0.25) is 5.91 Å². The van der Waals surface area contributed by atoms with Gasteiger partial charge in [-0.15, -0.1) is 0 Å². The normalized spacial score (nSPS) is 25.5. The molecule has 2 unspecified atom stereocenters.